The summed E-state index contributed by atoms with van der Waals surface area (Å²) in [5.41, 5.74) is 0.298. The lowest BCUT2D eigenvalue weighted by Gasteiger charge is -2.08. The molecule has 0 atom stereocenters. The Morgan fingerprint density at radius 3 is 2.50 bits per heavy atom. The molecule has 1 heterocycles. The predicted octanol–water partition coefficient (Wildman–Crippen LogP) is 2.39. The molecule has 3 N–H and O–H groups in total. The molecule has 0 aliphatic carbocycles. The van der Waals surface area contributed by atoms with Crippen LogP contribution in [-0.4, -0.2) is 27.1 Å². The number of carboxylic acid groups (broad SMARTS) is 1. The lowest BCUT2D eigenvalue weighted by Crippen LogP contribution is -2.12. The SMILES string of the molecule is O=C(O)c1ccc(NC(=O)c2ccnc(Cl)c2)c(O)c1. The molecule has 1 amide bonds. The molecule has 6 nitrogen and oxygen atoms in total. The Morgan fingerprint density at radius 1 is 1.15 bits per heavy atom. The van der Waals surface area contributed by atoms with Crippen LogP contribution in [0.15, 0.2) is 36.5 Å². The van der Waals surface area contributed by atoms with E-state index < -0.39 is 11.9 Å². The Morgan fingerprint density at radius 2 is 1.90 bits per heavy atom. The number of carboxylic acids is 1. The van der Waals surface area contributed by atoms with Crippen molar-refractivity contribution in [2.45, 2.75) is 0 Å². The quantitative estimate of drug-likeness (QED) is 0.596. The smallest absolute Gasteiger partial charge is 0.335 e. The van der Waals surface area contributed by atoms with E-state index in [0.29, 0.717) is 0 Å². The van der Waals surface area contributed by atoms with Gasteiger partial charge in [0, 0.05) is 11.8 Å². The van der Waals surface area contributed by atoms with E-state index in [0.717, 1.165) is 6.07 Å². The molecular formula is C13H9ClN2O4. The van der Waals surface area contributed by atoms with E-state index in [4.69, 9.17) is 16.7 Å². The van der Waals surface area contributed by atoms with E-state index in [2.05, 4.69) is 10.3 Å². The fourth-order valence-electron chi connectivity index (χ4n) is 1.51. The second-order valence-corrected chi connectivity index (χ2v) is 4.25. The van der Waals surface area contributed by atoms with Crippen LogP contribution >= 0.6 is 11.6 Å². The Balaban J connectivity index is 2.22. The zero-order valence-corrected chi connectivity index (χ0v) is 10.8. The number of phenols is 1. The van der Waals surface area contributed by atoms with Crippen LogP contribution in [0, 0.1) is 0 Å². The number of carbonyl (C=O) groups excluding carboxylic acids is 1. The van der Waals surface area contributed by atoms with Crippen molar-refractivity contribution in [1.82, 2.24) is 4.98 Å². The largest absolute Gasteiger partial charge is 0.506 e. The Kier molecular flexibility index (Phi) is 3.86. The van der Waals surface area contributed by atoms with E-state index >= 15 is 0 Å². The van der Waals surface area contributed by atoms with Crippen LogP contribution in [0.25, 0.3) is 0 Å². The fraction of sp³-hybridized carbons (Fsp3) is 0. The van der Waals surface area contributed by atoms with Gasteiger partial charge < -0.3 is 15.5 Å². The van der Waals surface area contributed by atoms with Crippen molar-refractivity contribution in [2.24, 2.45) is 0 Å². The molecule has 0 saturated carbocycles. The predicted molar refractivity (Wildman–Crippen MR) is 72.3 cm³/mol. The number of hydrogen-bond donors (Lipinski definition) is 3. The third kappa shape index (κ3) is 3.04. The molecule has 20 heavy (non-hydrogen) atoms. The minimum absolute atomic E-state index is 0.0764. The number of carbonyl (C=O) groups is 2. The highest BCUT2D eigenvalue weighted by Gasteiger charge is 2.12. The molecule has 2 rings (SSSR count). The summed E-state index contributed by atoms with van der Waals surface area (Å²) in [6, 6.07) is 6.47. The fourth-order valence-corrected chi connectivity index (χ4v) is 1.68. The summed E-state index contributed by atoms with van der Waals surface area (Å²) in [6.45, 7) is 0. The number of halogens is 1. The van der Waals surface area contributed by atoms with E-state index in [1.807, 2.05) is 0 Å². The van der Waals surface area contributed by atoms with Gasteiger partial charge in [0.25, 0.3) is 5.91 Å². The van der Waals surface area contributed by atoms with Crippen LogP contribution in [0.3, 0.4) is 0 Å². The van der Waals surface area contributed by atoms with E-state index in [-0.39, 0.29) is 27.7 Å². The van der Waals surface area contributed by atoms with Gasteiger partial charge in [0.2, 0.25) is 0 Å². The first kappa shape index (κ1) is 13.8. The standard InChI is InChI=1S/C13H9ClN2O4/c14-11-6-7(3-4-15-11)12(18)16-9-2-1-8(13(19)20)5-10(9)17/h1-6,17H,(H,16,18)(H,19,20). The normalized spacial score (nSPS) is 10.1. The van der Waals surface area contributed by atoms with E-state index in [9.17, 15) is 14.7 Å². The first-order chi connectivity index (χ1) is 9.47. The highest BCUT2D eigenvalue weighted by atomic mass is 35.5. The summed E-state index contributed by atoms with van der Waals surface area (Å²) in [7, 11) is 0. The zero-order chi connectivity index (χ0) is 14.7. The van der Waals surface area contributed by atoms with Crippen molar-refractivity contribution in [3.63, 3.8) is 0 Å². The molecule has 0 saturated heterocycles. The average molecular weight is 293 g/mol. The molecule has 0 bridgehead atoms. The average Bonchev–Trinajstić information content (AvgIpc) is 2.40. The Labute approximate surface area is 118 Å². The number of rotatable bonds is 3. The molecular weight excluding hydrogens is 284 g/mol. The summed E-state index contributed by atoms with van der Waals surface area (Å²) in [4.78, 5) is 26.4. The van der Waals surface area contributed by atoms with Gasteiger partial charge in [-0.25, -0.2) is 9.78 Å². The number of hydrogen-bond acceptors (Lipinski definition) is 4. The van der Waals surface area contributed by atoms with Crippen LogP contribution < -0.4 is 5.32 Å². The summed E-state index contributed by atoms with van der Waals surface area (Å²) in [6.07, 6.45) is 1.38. The number of anilines is 1. The van der Waals surface area contributed by atoms with Gasteiger partial charge >= 0.3 is 5.97 Å². The minimum atomic E-state index is -1.17. The second kappa shape index (κ2) is 5.58. The van der Waals surface area contributed by atoms with Crippen molar-refractivity contribution in [2.75, 3.05) is 5.32 Å². The lowest BCUT2D eigenvalue weighted by molar-refractivity contribution is 0.0696. The van der Waals surface area contributed by atoms with E-state index in [1.165, 1.54) is 30.5 Å². The van der Waals surface area contributed by atoms with E-state index in [1.54, 1.807) is 0 Å². The highest BCUT2D eigenvalue weighted by molar-refractivity contribution is 6.29. The van der Waals surface area contributed by atoms with Crippen LogP contribution in [0.4, 0.5) is 5.69 Å². The van der Waals surface area contributed by atoms with Crippen molar-refractivity contribution >= 4 is 29.2 Å². The van der Waals surface area contributed by atoms with Gasteiger partial charge in [0.1, 0.15) is 10.9 Å². The topological polar surface area (TPSA) is 99.5 Å². The van der Waals surface area contributed by atoms with Crippen LogP contribution in [0.1, 0.15) is 20.7 Å². The third-order valence-electron chi connectivity index (χ3n) is 2.48. The Hall–Kier alpha value is -2.60. The molecule has 0 spiro atoms. The molecule has 0 radical (unpaired) electrons. The molecule has 102 valence electrons. The molecule has 1 aromatic heterocycles. The maximum atomic E-state index is 11.9. The van der Waals surface area contributed by atoms with Crippen molar-refractivity contribution in [3.8, 4) is 5.75 Å². The molecule has 1 aromatic carbocycles. The number of nitrogens with one attached hydrogen (secondary N) is 1. The van der Waals surface area contributed by atoms with Gasteiger partial charge in [0.15, 0.2) is 0 Å². The molecule has 0 unspecified atom stereocenters. The van der Waals surface area contributed by atoms with Crippen LogP contribution in [0.2, 0.25) is 5.15 Å². The van der Waals surface area contributed by atoms with Gasteiger partial charge in [-0.1, -0.05) is 11.6 Å². The first-order valence-electron chi connectivity index (χ1n) is 5.46. The summed E-state index contributed by atoms with van der Waals surface area (Å²) < 4.78 is 0. The van der Waals surface area contributed by atoms with Crippen LogP contribution in [0.5, 0.6) is 5.75 Å². The van der Waals surface area contributed by atoms with Crippen LogP contribution in [-0.2, 0) is 0 Å². The monoisotopic (exact) mass is 292 g/mol. The molecule has 7 heteroatoms. The maximum Gasteiger partial charge on any atom is 0.335 e. The van der Waals surface area contributed by atoms with Gasteiger partial charge in [-0.2, -0.15) is 0 Å². The Bertz CT molecular complexity index is 688. The number of aromatic carboxylic acids is 1. The first-order valence-corrected chi connectivity index (χ1v) is 5.84. The minimum Gasteiger partial charge on any atom is -0.506 e. The highest BCUT2D eigenvalue weighted by Crippen LogP contribution is 2.25. The molecule has 0 fully saturated rings. The summed E-state index contributed by atoms with van der Waals surface area (Å²) in [5.74, 6) is -2.00. The number of nitrogens with zero attached hydrogens (tertiary/aromatic N) is 1. The number of aromatic hydroxyl groups is 1. The number of aromatic nitrogens is 1. The van der Waals surface area contributed by atoms with Gasteiger partial charge in [-0.3, -0.25) is 4.79 Å². The number of benzene rings is 1. The lowest BCUT2D eigenvalue weighted by atomic mass is 10.2. The van der Waals surface area contributed by atoms with Gasteiger partial charge in [-0.05, 0) is 30.3 Å². The third-order valence-corrected chi connectivity index (χ3v) is 2.69. The summed E-state index contributed by atoms with van der Waals surface area (Å²) in [5, 5.41) is 21.1. The molecule has 2 aromatic rings. The van der Waals surface area contributed by atoms with Crippen molar-refractivity contribution < 1.29 is 19.8 Å². The maximum absolute atomic E-state index is 11.9. The second-order valence-electron chi connectivity index (χ2n) is 3.86. The van der Waals surface area contributed by atoms with Gasteiger partial charge in [0.05, 0.1) is 11.3 Å². The van der Waals surface area contributed by atoms with Crippen molar-refractivity contribution in [3.05, 3.63) is 52.8 Å². The zero-order valence-electron chi connectivity index (χ0n) is 10.0. The molecule has 0 aliphatic heterocycles. The number of phenolic OH excluding ortho intramolecular Hbond substituents is 1. The molecule has 0 aliphatic rings. The number of pyridine rings is 1. The van der Waals surface area contributed by atoms with Crippen molar-refractivity contribution in [1.29, 1.82) is 0 Å². The van der Waals surface area contributed by atoms with Gasteiger partial charge in [-0.15, -0.1) is 0 Å². The summed E-state index contributed by atoms with van der Waals surface area (Å²) >= 11 is 5.67. The number of amides is 1.